The van der Waals surface area contributed by atoms with Gasteiger partial charge in [0.15, 0.2) is 11.5 Å². The lowest BCUT2D eigenvalue weighted by molar-refractivity contribution is 0.286. The van der Waals surface area contributed by atoms with Crippen molar-refractivity contribution < 1.29 is 14.2 Å². The average Bonchev–Trinajstić information content (AvgIpc) is 3.08. The van der Waals surface area contributed by atoms with Crippen molar-refractivity contribution in [1.82, 2.24) is 15.0 Å². The number of hydrogen-bond donors (Lipinski definition) is 1. The van der Waals surface area contributed by atoms with Crippen molar-refractivity contribution in [3.63, 3.8) is 0 Å². The second-order valence-corrected chi connectivity index (χ2v) is 7.20. The van der Waals surface area contributed by atoms with Gasteiger partial charge in [0.1, 0.15) is 11.6 Å². The van der Waals surface area contributed by atoms with Gasteiger partial charge in [-0.25, -0.2) is 15.0 Å². The van der Waals surface area contributed by atoms with E-state index < -0.39 is 0 Å². The fourth-order valence-electron chi connectivity index (χ4n) is 3.74. The van der Waals surface area contributed by atoms with E-state index in [9.17, 15) is 0 Å². The first-order chi connectivity index (χ1) is 14.5. The number of nitrogens with one attached hydrogen (secondary N) is 1. The molecule has 0 atom stereocenters. The Morgan fingerprint density at radius 3 is 2.50 bits per heavy atom. The van der Waals surface area contributed by atoms with Crippen LogP contribution in [0.15, 0.2) is 30.3 Å². The number of nitrogens with zero attached hydrogens (tertiary/aromatic N) is 4. The van der Waals surface area contributed by atoms with Crippen molar-refractivity contribution in [1.29, 1.82) is 0 Å². The molecular weight excluding hydrogens is 406 g/mol. The van der Waals surface area contributed by atoms with Crippen molar-refractivity contribution in [3.8, 4) is 17.2 Å². The maximum Gasteiger partial charge on any atom is 0.224 e. The summed E-state index contributed by atoms with van der Waals surface area (Å²) in [7, 11) is 6.94. The number of rotatable bonds is 7. The second kappa shape index (κ2) is 8.41. The number of hydrogen-bond acceptors (Lipinski definition) is 8. The van der Waals surface area contributed by atoms with E-state index in [1.54, 1.807) is 27.4 Å². The fourth-order valence-corrected chi connectivity index (χ4v) is 3.92. The van der Waals surface area contributed by atoms with E-state index in [2.05, 4.69) is 38.4 Å². The zero-order chi connectivity index (χ0) is 21.3. The number of anilines is 2. The molecule has 1 aromatic heterocycles. The van der Waals surface area contributed by atoms with Gasteiger partial charge in [-0.05, 0) is 29.8 Å². The molecule has 0 amide bonds. The molecule has 0 unspecified atom stereocenters. The molecule has 4 rings (SSSR count). The molecule has 1 N–H and O–H groups in total. The molecule has 1 aliphatic rings. The minimum absolute atomic E-state index is 0.174. The number of hydrazine groups is 1. The maximum absolute atomic E-state index is 6.15. The molecule has 0 bridgehead atoms. The van der Waals surface area contributed by atoms with Crippen molar-refractivity contribution in [3.05, 3.63) is 41.2 Å². The molecule has 0 spiro atoms. The van der Waals surface area contributed by atoms with Gasteiger partial charge in [0.05, 0.1) is 32.5 Å². The van der Waals surface area contributed by atoms with Crippen LogP contribution < -0.4 is 24.5 Å². The van der Waals surface area contributed by atoms with Gasteiger partial charge in [-0.2, -0.15) is 0 Å². The highest BCUT2D eigenvalue weighted by atomic mass is 35.5. The Morgan fingerprint density at radius 1 is 1.03 bits per heavy atom. The lowest BCUT2D eigenvalue weighted by Gasteiger charge is -2.26. The Bertz CT molecular complexity index is 1080. The molecule has 0 saturated heterocycles. The quantitative estimate of drug-likeness (QED) is 0.571. The molecule has 2 aromatic carbocycles. The number of benzene rings is 2. The topological polar surface area (TPSA) is 72.0 Å². The number of ether oxygens (including phenoxy) is 3. The SMILES string of the molecule is COc1cc2nc(Cl)nc(NCCN3Cc4c(OC)cccc4N3C)c2cc1OC. The molecule has 0 saturated carbocycles. The van der Waals surface area contributed by atoms with Gasteiger partial charge in [0.25, 0.3) is 0 Å². The molecule has 0 fully saturated rings. The van der Waals surface area contributed by atoms with E-state index in [-0.39, 0.29) is 5.28 Å². The largest absolute Gasteiger partial charge is 0.496 e. The summed E-state index contributed by atoms with van der Waals surface area (Å²) in [5.41, 5.74) is 3.03. The van der Waals surface area contributed by atoms with E-state index in [0.717, 1.165) is 29.9 Å². The number of halogens is 1. The summed E-state index contributed by atoms with van der Waals surface area (Å²) in [4.78, 5) is 8.69. The molecule has 0 radical (unpaired) electrons. The Labute approximate surface area is 180 Å². The van der Waals surface area contributed by atoms with Gasteiger partial charge in [-0.1, -0.05) is 6.07 Å². The van der Waals surface area contributed by atoms with Gasteiger partial charge < -0.3 is 24.5 Å². The third kappa shape index (κ3) is 3.64. The standard InChI is InChI=1S/C21H24ClN5O3/c1-26-16-6-5-7-17(28-2)14(16)12-27(26)9-8-23-20-13-10-18(29-3)19(30-4)11-15(13)24-21(22)25-20/h5-7,10-11H,8-9,12H2,1-4H3,(H,23,24,25). The van der Waals surface area contributed by atoms with Crippen LogP contribution in [0.25, 0.3) is 10.9 Å². The summed E-state index contributed by atoms with van der Waals surface area (Å²) in [5, 5.41) is 8.77. The Balaban J connectivity index is 1.52. The van der Waals surface area contributed by atoms with Crippen LogP contribution in [0.1, 0.15) is 5.56 Å². The molecule has 1 aliphatic heterocycles. The lowest BCUT2D eigenvalue weighted by Crippen LogP contribution is -2.37. The van der Waals surface area contributed by atoms with E-state index in [4.69, 9.17) is 25.8 Å². The maximum atomic E-state index is 6.15. The van der Waals surface area contributed by atoms with Gasteiger partial charge in [0.2, 0.25) is 5.28 Å². The number of methoxy groups -OCH3 is 3. The first-order valence-corrected chi connectivity index (χ1v) is 9.91. The zero-order valence-corrected chi connectivity index (χ0v) is 18.2. The summed E-state index contributed by atoms with van der Waals surface area (Å²) in [6.07, 6.45) is 0. The van der Waals surface area contributed by atoms with Crippen LogP contribution in [-0.4, -0.2) is 56.4 Å². The molecule has 30 heavy (non-hydrogen) atoms. The normalized spacial score (nSPS) is 13.4. The van der Waals surface area contributed by atoms with Gasteiger partial charge in [-0.3, -0.25) is 0 Å². The third-order valence-electron chi connectivity index (χ3n) is 5.28. The Hall–Kier alpha value is -2.97. The van der Waals surface area contributed by atoms with Crippen LogP contribution in [0.4, 0.5) is 11.5 Å². The molecule has 158 valence electrons. The minimum atomic E-state index is 0.174. The fraction of sp³-hybridized carbons (Fsp3) is 0.333. The predicted molar refractivity (Wildman–Crippen MR) is 118 cm³/mol. The van der Waals surface area contributed by atoms with Gasteiger partial charge >= 0.3 is 0 Å². The second-order valence-electron chi connectivity index (χ2n) is 6.86. The van der Waals surface area contributed by atoms with E-state index in [1.807, 2.05) is 18.2 Å². The minimum Gasteiger partial charge on any atom is -0.496 e. The van der Waals surface area contributed by atoms with E-state index in [0.29, 0.717) is 29.4 Å². The van der Waals surface area contributed by atoms with E-state index >= 15 is 0 Å². The molecule has 8 nitrogen and oxygen atoms in total. The molecule has 0 aliphatic carbocycles. The molecule has 3 aromatic rings. The van der Waals surface area contributed by atoms with Crippen molar-refractivity contribution >= 4 is 34.0 Å². The zero-order valence-electron chi connectivity index (χ0n) is 17.4. The number of aromatic nitrogens is 2. The summed E-state index contributed by atoms with van der Waals surface area (Å²) in [6, 6.07) is 9.75. The van der Waals surface area contributed by atoms with Crippen LogP contribution in [0.3, 0.4) is 0 Å². The Kier molecular flexibility index (Phi) is 5.69. The highest BCUT2D eigenvalue weighted by Crippen LogP contribution is 2.37. The van der Waals surface area contributed by atoms with Crippen LogP contribution in [0.5, 0.6) is 17.2 Å². The molecule has 2 heterocycles. The average molecular weight is 430 g/mol. The summed E-state index contributed by atoms with van der Waals surface area (Å²) in [5.74, 6) is 2.77. The monoisotopic (exact) mass is 429 g/mol. The third-order valence-corrected chi connectivity index (χ3v) is 5.45. The van der Waals surface area contributed by atoms with Crippen molar-refractivity contribution in [2.45, 2.75) is 6.54 Å². The molecule has 9 heteroatoms. The van der Waals surface area contributed by atoms with E-state index in [1.165, 1.54) is 5.56 Å². The molecular formula is C21H24ClN5O3. The highest BCUT2D eigenvalue weighted by molar-refractivity contribution is 6.28. The van der Waals surface area contributed by atoms with Crippen LogP contribution in [0.2, 0.25) is 5.28 Å². The summed E-state index contributed by atoms with van der Waals surface area (Å²) in [6.45, 7) is 2.22. The van der Waals surface area contributed by atoms with Crippen molar-refractivity contribution in [2.75, 3.05) is 51.8 Å². The smallest absolute Gasteiger partial charge is 0.224 e. The first kappa shape index (κ1) is 20.3. The van der Waals surface area contributed by atoms with Gasteiger partial charge in [-0.15, -0.1) is 0 Å². The Morgan fingerprint density at radius 2 is 1.77 bits per heavy atom. The number of fused-ring (bicyclic) bond motifs is 2. The van der Waals surface area contributed by atoms with Crippen molar-refractivity contribution in [2.24, 2.45) is 0 Å². The highest BCUT2D eigenvalue weighted by Gasteiger charge is 2.26. The van der Waals surface area contributed by atoms with Gasteiger partial charge in [0, 0.05) is 43.7 Å². The van der Waals surface area contributed by atoms with Crippen LogP contribution in [0, 0.1) is 0 Å². The summed E-state index contributed by atoms with van der Waals surface area (Å²) < 4.78 is 16.3. The van der Waals surface area contributed by atoms with Crippen LogP contribution >= 0.6 is 11.6 Å². The lowest BCUT2D eigenvalue weighted by atomic mass is 10.1. The predicted octanol–water partition coefficient (Wildman–Crippen LogP) is 3.59. The summed E-state index contributed by atoms with van der Waals surface area (Å²) >= 11 is 6.15. The van der Waals surface area contributed by atoms with Crippen LogP contribution in [-0.2, 0) is 6.54 Å². The first-order valence-electron chi connectivity index (χ1n) is 9.53.